The van der Waals surface area contributed by atoms with Crippen LogP contribution < -0.4 is 10.4 Å². The standard InChI is InChI=1S/C7H17NOP/c1-5(2)7(6(3)4)10(8)9/h5-7H,8H2,1-4H3/q-1. The van der Waals surface area contributed by atoms with Gasteiger partial charge in [-0.1, -0.05) is 27.7 Å². The fourth-order valence-corrected chi connectivity index (χ4v) is 2.53. The predicted molar refractivity (Wildman–Crippen MR) is 44.6 cm³/mol. The highest BCUT2D eigenvalue weighted by atomic mass is 31.2. The van der Waals surface area contributed by atoms with Crippen LogP contribution in [0.2, 0.25) is 0 Å². The number of nitrogens with two attached hydrogens (primary N) is 1. The Morgan fingerprint density at radius 3 is 1.40 bits per heavy atom. The lowest BCUT2D eigenvalue weighted by molar-refractivity contribution is -0.163. The molecular formula is C7H17NOP-. The molecule has 0 aliphatic carbocycles. The van der Waals surface area contributed by atoms with Crippen molar-refractivity contribution < 1.29 is 4.89 Å². The molecule has 1 unspecified atom stereocenters. The molecule has 3 heteroatoms. The van der Waals surface area contributed by atoms with Gasteiger partial charge in [-0.2, -0.15) is 0 Å². The molecular weight excluding hydrogens is 145 g/mol. The molecule has 2 nitrogen and oxygen atoms in total. The van der Waals surface area contributed by atoms with E-state index in [2.05, 4.69) is 27.7 Å². The van der Waals surface area contributed by atoms with Crippen molar-refractivity contribution in [3.8, 4) is 0 Å². The Morgan fingerprint density at radius 2 is 1.40 bits per heavy atom. The third-order valence-corrected chi connectivity index (χ3v) is 3.44. The zero-order valence-corrected chi connectivity index (χ0v) is 8.06. The highest BCUT2D eigenvalue weighted by Crippen LogP contribution is 2.34. The lowest BCUT2D eigenvalue weighted by Crippen LogP contribution is -2.28. The van der Waals surface area contributed by atoms with Gasteiger partial charge in [0.25, 0.3) is 0 Å². The van der Waals surface area contributed by atoms with E-state index in [1.807, 2.05) is 0 Å². The van der Waals surface area contributed by atoms with Crippen LogP contribution in [0.15, 0.2) is 0 Å². The fourth-order valence-electron chi connectivity index (χ4n) is 1.36. The fraction of sp³-hybridized carbons (Fsp3) is 1.00. The van der Waals surface area contributed by atoms with Crippen molar-refractivity contribution >= 4 is 8.30 Å². The van der Waals surface area contributed by atoms with Gasteiger partial charge in [-0.3, -0.25) is 0 Å². The van der Waals surface area contributed by atoms with Gasteiger partial charge in [0.2, 0.25) is 0 Å². The smallest absolute Gasteiger partial charge is 0.0175 e. The van der Waals surface area contributed by atoms with E-state index in [0.717, 1.165) is 0 Å². The molecule has 1 atom stereocenters. The van der Waals surface area contributed by atoms with Crippen LogP contribution in [0, 0.1) is 11.8 Å². The predicted octanol–water partition coefficient (Wildman–Crippen LogP) is 1.30. The summed E-state index contributed by atoms with van der Waals surface area (Å²) in [6, 6.07) is 0. The molecule has 0 aliphatic rings. The Bertz CT molecular complexity index is 74.6. The van der Waals surface area contributed by atoms with Gasteiger partial charge in [-0.25, -0.2) is 0 Å². The van der Waals surface area contributed by atoms with Crippen LogP contribution >= 0.6 is 8.30 Å². The minimum absolute atomic E-state index is 0.176. The molecule has 0 saturated heterocycles. The summed E-state index contributed by atoms with van der Waals surface area (Å²) in [6.45, 7) is 8.24. The minimum Gasteiger partial charge on any atom is -0.818 e. The lowest BCUT2D eigenvalue weighted by atomic mass is 10.00. The Balaban J connectivity index is 3.98. The average molecular weight is 162 g/mol. The second-order valence-corrected chi connectivity index (χ2v) is 4.65. The number of hydrogen-bond donors (Lipinski definition) is 1. The molecule has 0 aromatic rings. The number of hydrogen-bond acceptors (Lipinski definition) is 2. The molecule has 0 aliphatic heterocycles. The van der Waals surface area contributed by atoms with Crippen LogP contribution in [0.5, 0.6) is 0 Å². The normalized spacial score (nSPS) is 15.3. The van der Waals surface area contributed by atoms with E-state index in [0.29, 0.717) is 11.8 Å². The third-order valence-electron chi connectivity index (χ3n) is 1.66. The highest BCUT2D eigenvalue weighted by Gasteiger charge is 2.17. The first-order valence-corrected chi connectivity index (χ1v) is 5.07. The summed E-state index contributed by atoms with van der Waals surface area (Å²) < 4.78 is 0. The van der Waals surface area contributed by atoms with E-state index in [-0.39, 0.29) is 5.66 Å². The van der Waals surface area contributed by atoms with Crippen molar-refractivity contribution in [1.82, 2.24) is 0 Å². The van der Waals surface area contributed by atoms with Crippen LogP contribution in [-0.4, -0.2) is 5.66 Å². The van der Waals surface area contributed by atoms with Gasteiger partial charge in [0.1, 0.15) is 0 Å². The first kappa shape index (κ1) is 10.3. The monoisotopic (exact) mass is 162 g/mol. The van der Waals surface area contributed by atoms with Crippen LogP contribution in [-0.2, 0) is 0 Å². The Morgan fingerprint density at radius 1 is 1.10 bits per heavy atom. The summed E-state index contributed by atoms with van der Waals surface area (Å²) in [7, 11) is -1.49. The van der Waals surface area contributed by atoms with Gasteiger partial charge < -0.3 is 10.4 Å². The van der Waals surface area contributed by atoms with Crippen molar-refractivity contribution in [2.75, 3.05) is 0 Å². The molecule has 0 amide bonds. The molecule has 62 valence electrons. The Hall–Kier alpha value is 0.350. The Labute approximate surface area is 64.7 Å². The quantitative estimate of drug-likeness (QED) is 0.636. The van der Waals surface area contributed by atoms with Gasteiger partial charge in [0.15, 0.2) is 0 Å². The highest BCUT2D eigenvalue weighted by molar-refractivity contribution is 7.48. The van der Waals surface area contributed by atoms with E-state index in [1.165, 1.54) is 0 Å². The van der Waals surface area contributed by atoms with E-state index in [1.54, 1.807) is 0 Å². The summed E-state index contributed by atoms with van der Waals surface area (Å²) in [6.07, 6.45) is 0. The van der Waals surface area contributed by atoms with E-state index in [4.69, 9.17) is 5.50 Å². The largest absolute Gasteiger partial charge is 0.818 e. The SMILES string of the molecule is CC(C)C(C(C)C)P(N)[O-]. The van der Waals surface area contributed by atoms with Crippen molar-refractivity contribution in [2.24, 2.45) is 17.3 Å². The van der Waals surface area contributed by atoms with E-state index in [9.17, 15) is 4.89 Å². The lowest BCUT2D eigenvalue weighted by Gasteiger charge is -2.35. The van der Waals surface area contributed by atoms with Gasteiger partial charge in [-0.05, 0) is 17.5 Å². The molecule has 0 saturated carbocycles. The molecule has 0 rings (SSSR count). The molecule has 2 N–H and O–H groups in total. The van der Waals surface area contributed by atoms with Gasteiger partial charge >= 0.3 is 0 Å². The molecule has 0 bridgehead atoms. The van der Waals surface area contributed by atoms with Gasteiger partial charge in [-0.15, -0.1) is 8.30 Å². The van der Waals surface area contributed by atoms with Crippen LogP contribution in [0.3, 0.4) is 0 Å². The topological polar surface area (TPSA) is 49.1 Å². The van der Waals surface area contributed by atoms with Gasteiger partial charge in [0, 0.05) is 0 Å². The molecule has 0 spiro atoms. The van der Waals surface area contributed by atoms with Crippen molar-refractivity contribution in [2.45, 2.75) is 33.4 Å². The molecule has 0 heterocycles. The second kappa shape index (κ2) is 4.27. The summed E-state index contributed by atoms with van der Waals surface area (Å²) in [5, 5.41) is 0. The zero-order valence-electron chi connectivity index (χ0n) is 7.16. The molecule has 10 heavy (non-hydrogen) atoms. The van der Waals surface area contributed by atoms with Gasteiger partial charge in [0.05, 0.1) is 0 Å². The first-order chi connectivity index (χ1) is 4.46. The van der Waals surface area contributed by atoms with Crippen molar-refractivity contribution in [3.05, 3.63) is 0 Å². The molecule has 0 radical (unpaired) electrons. The summed E-state index contributed by atoms with van der Waals surface area (Å²) >= 11 is 0. The van der Waals surface area contributed by atoms with E-state index >= 15 is 0 Å². The van der Waals surface area contributed by atoms with Crippen LogP contribution in [0.4, 0.5) is 0 Å². The second-order valence-electron chi connectivity index (χ2n) is 3.34. The summed E-state index contributed by atoms with van der Waals surface area (Å²) in [5.74, 6) is 0.849. The first-order valence-electron chi connectivity index (χ1n) is 3.68. The third kappa shape index (κ3) is 2.96. The van der Waals surface area contributed by atoms with Crippen molar-refractivity contribution in [1.29, 1.82) is 0 Å². The number of rotatable bonds is 3. The van der Waals surface area contributed by atoms with Crippen LogP contribution in [0.1, 0.15) is 27.7 Å². The summed E-state index contributed by atoms with van der Waals surface area (Å²) in [4.78, 5) is 11.0. The summed E-state index contributed by atoms with van der Waals surface area (Å²) in [5.41, 5.74) is 5.52. The maximum atomic E-state index is 11.0. The molecule has 0 aromatic heterocycles. The Kier molecular flexibility index (Phi) is 4.42. The van der Waals surface area contributed by atoms with E-state index < -0.39 is 8.30 Å². The maximum absolute atomic E-state index is 11.0. The van der Waals surface area contributed by atoms with Crippen LogP contribution in [0.25, 0.3) is 0 Å². The molecule has 0 fully saturated rings. The molecule has 0 aromatic carbocycles. The zero-order chi connectivity index (χ0) is 8.31. The average Bonchev–Trinajstić information content (AvgIpc) is 1.59. The van der Waals surface area contributed by atoms with Crippen molar-refractivity contribution in [3.63, 3.8) is 0 Å². The maximum Gasteiger partial charge on any atom is -0.0175 e. The minimum atomic E-state index is -1.49.